The highest BCUT2D eigenvalue weighted by Gasteiger charge is 2.51. The number of rotatable bonds is 4. The van der Waals surface area contributed by atoms with Crippen molar-refractivity contribution >= 4 is 17.8 Å². The lowest BCUT2D eigenvalue weighted by Gasteiger charge is -2.56. The number of nitrogens with one attached hydrogen (secondary N) is 2. The summed E-state index contributed by atoms with van der Waals surface area (Å²) < 4.78 is 0. The maximum Gasteiger partial charge on any atom is 0.321 e. The van der Waals surface area contributed by atoms with Crippen molar-refractivity contribution in [1.29, 1.82) is 0 Å². The van der Waals surface area contributed by atoms with Gasteiger partial charge in [0.1, 0.15) is 5.82 Å². The molecule has 1 aliphatic heterocycles. The first-order valence-electron chi connectivity index (χ1n) is 11.5. The van der Waals surface area contributed by atoms with E-state index in [4.69, 9.17) is 0 Å². The van der Waals surface area contributed by atoms with Crippen LogP contribution in [0, 0.1) is 17.8 Å². The molecule has 1 atom stereocenters. The van der Waals surface area contributed by atoms with Gasteiger partial charge in [0.15, 0.2) is 0 Å². The van der Waals surface area contributed by atoms with Crippen molar-refractivity contribution in [2.75, 3.05) is 31.1 Å². The number of imide groups is 1. The van der Waals surface area contributed by atoms with E-state index in [0.717, 1.165) is 69.0 Å². The number of piperazine rings is 1. The summed E-state index contributed by atoms with van der Waals surface area (Å²) in [4.78, 5) is 34.2. The quantitative estimate of drug-likeness (QED) is 0.796. The largest absolute Gasteiger partial charge is 0.354 e. The number of carbonyl (C=O) groups excluding carboxylic acids is 2. The highest BCUT2D eigenvalue weighted by atomic mass is 16.2. The van der Waals surface area contributed by atoms with Gasteiger partial charge in [-0.1, -0.05) is 6.07 Å². The van der Waals surface area contributed by atoms with E-state index in [1.54, 1.807) is 6.20 Å². The first-order valence-corrected chi connectivity index (χ1v) is 11.5. The van der Waals surface area contributed by atoms with Crippen molar-refractivity contribution in [2.45, 2.75) is 57.0 Å². The summed E-state index contributed by atoms with van der Waals surface area (Å²) in [6.45, 7) is 5.11. The molecule has 4 bridgehead atoms. The van der Waals surface area contributed by atoms with Crippen LogP contribution in [0.1, 0.15) is 45.4 Å². The third-order valence-corrected chi connectivity index (χ3v) is 7.87. The molecule has 4 aliphatic carbocycles. The van der Waals surface area contributed by atoms with Gasteiger partial charge in [-0.2, -0.15) is 0 Å². The summed E-state index contributed by atoms with van der Waals surface area (Å²) in [7, 11) is 0. The van der Waals surface area contributed by atoms with Crippen molar-refractivity contribution in [3.63, 3.8) is 0 Å². The molecule has 5 aliphatic rings. The molecular formula is C23H33N5O2. The number of hydrogen-bond acceptors (Lipinski definition) is 5. The van der Waals surface area contributed by atoms with Gasteiger partial charge in [0.25, 0.3) is 0 Å². The molecule has 162 valence electrons. The van der Waals surface area contributed by atoms with E-state index >= 15 is 0 Å². The molecule has 7 heteroatoms. The highest BCUT2D eigenvalue weighted by Crippen LogP contribution is 2.55. The Morgan fingerprint density at radius 2 is 1.67 bits per heavy atom. The third kappa shape index (κ3) is 3.92. The minimum atomic E-state index is -0.321. The monoisotopic (exact) mass is 411 g/mol. The van der Waals surface area contributed by atoms with Gasteiger partial charge in [0.05, 0.1) is 6.04 Å². The molecule has 2 heterocycles. The number of pyridine rings is 1. The zero-order valence-electron chi connectivity index (χ0n) is 17.8. The predicted octanol–water partition coefficient (Wildman–Crippen LogP) is 2.39. The SMILES string of the molecule is C[C@@H](C(=O)NC(=O)NC12CC3CC(CC(C3)C1)C2)N1CCN(c2ccccn2)CC1. The lowest BCUT2D eigenvalue weighted by Crippen LogP contribution is -2.63. The molecule has 2 N–H and O–H groups in total. The van der Waals surface area contributed by atoms with Gasteiger partial charge in [-0.25, -0.2) is 9.78 Å². The Morgan fingerprint density at radius 3 is 2.23 bits per heavy atom. The fourth-order valence-corrected chi connectivity index (χ4v) is 6.80. The second-order valence-electron chi connectivity index (χ2n) is 10.0. The predicted molar refractivity (Wildman–Crippen MR) is 115 cm³/mol. The van der Waals surface area contributed by atoms with Gasteiger partial charge in [-0.15, -0.1) is 0 Å². The zero-order valence-corrected chi connectivity index (χ0v) is 17.8. The van der Waals surface area contributed by atoms with Crippen LogP contribution in [-0.2, 0) is 4.79 Å². The lowest BCUT2D eigenvalue weighted by molar-refractivity contribution is -0.125. The maximum atomic E-state index is 12.8. The van der Waals surface area contributed by atoms with Crippen molar-refractivity contribution in [1.82, 2.24) is 20.5 Å². The van der Waals surface area contributed by atoms with Crippen molar-refractivity contribution in [3.8, 4) is 0 Å². The van der Waals surface area contributed by atoms with E-state index < -0.39 is 0 Å². The molecule has 1 aromatic heterocycles. The second kappa shape index (κ2) is 7.84. The summed E-state index contributed by atoms with van der Waals surface area (Å²) >= 11 is 0. The second-order valence-corrected chi connectivity index (χ2v) is 10.0. The van der Waals surface area contributed by atoms with Crippen LogP contribution in [-0.4, -0.2) is 59.6 Å². The first-order chi connectivity index (χ1) is 14.5. The fraction of sp³-hybridized carbons (Fsp3) is 0.696. The minimum absolute atomic E-state index is 0.0728. The van der Waals surface area contributed by atoms with E-state index in [9.17, 15) is 9.59 Å². The van der Waals surface area contributed by atoms with Gasteiger partial charge in [0.2, 0.25) is 5.91 Å². The lowest BCUT2D eigenvalue weighted by atomic mass is 9.53. The average Bonchev–Trinajstić information content (AvgIpc) is 2.72. The van der Waals surface area contributed by atoms with Crippen LogP contribution < -0.4 is 15.5 Å². The standard InChI is InChI=1S/C23H33N5O2/c1-16(27-6-8-28(9-7-27)20-4-2-3-5-24-20)21(29)25-22(30)26-23-13-17-10-18(14-23)12-19(11-17)15-23/h2-5,16-19H,6-15H2,1H3,(H2,25,26,29,30)/t16-,17?,18?,19?,23?/m0/s1. The number of urea groups is 1. The van der Waals surface area contributed by atoms with Crippen molar-refractivity contribution in [3.05, 3.63) is 24.4 Å². The molecule has 0 radical (unpaired) electrons. The third-order valence-electron chi connectivity index (χ3n) is 7.87. The van der Waals surface area contributed by atoms with E-state index in [1.807, 2.05) is 25.1 Å². The molecule has 30 heavy (non-hydrogen) atoms. The van der Waals surface area contributed by atoms with E-state index in [2.05, 4.69) is 25.4 Å². The number of amides is 3. The number of carbonyl (C=O) groups is 2. The molecule has 5 fully saturated rings. The number of nitrogens with zero attached hydrogens (tertiary/aromatic N) is 3. The Morgan fingerprint density at radius 1 is 1.03 bits per heavy atom. The van der Waals surface area contributed by atoms with Crippen LogP contribution in [0.2, 0.25) is 0 Å². The first kappa shape index (κ1) is 19.8. The van der Waals surface area contributed by atoms with Gasteiger partial charge in [-0.3, -0.25) is 15.0 Å². The van der Waals surface area contributed by atoms with Gasteiger partial charge < -0.3 is 10.2 Å². The van der Waals surface area contributed by atoms with Gasteiger partial charge in [-0.05, 0) is 75.3 Å². The Kier molecular flexibility index (Phi) is 5.17. The molecule has 0 unspecified atom stereocenters. The van der Waals surface area contributed by atoms with Crippen molar-refractivity contribution in [2.24, 2.45) is 17.8 Å². The number of anilines is 1. The highest BCUT2D eigenvalue weighted by molar-refractivity contribution is 5.97. The molecule has 0 aromatic carbocycles. The molecule has 0 spiro atoms. The topological polar surface area (TPSA) is 77.6 Å². The van der Waals surface area contributed by atoms with Crippen LogP contribution in [0.4, 0.5) is 10.6 Å². The number of aromatic nitrogens is 1. The van der Waals surface area contributed by atoms with Crippen LogP contribution in [0.15, 0.2) is 24.4 Å². The molecule has 1 aromatic rings. The summed E-state index contributed by atoms with van der Waals surface area (Å²) in [5, 5.41) is 5.87. The molecule has 7 nitrogen and oxygen atoms in total. The summed E-state index contributed by atoms with van der Waals surface area (Å²) in [6.07, 6.45) is 9.08. The summed E-state index contributed by atoms with van der Waals surface area (Å²) in [5.74, 6) is 3.07. The zero-order chi connectivity index (χ0) is 20.7. The summed E-state index contributed by atoms with van der Waals surface area (Å²) in [6, 6.07) is 5.30. The van der Waals surface area contributed by atoms with Gasteiger partial charge in [0, 0.05) is 37.9 Å². The fourth-order valence-electron chi connectivity index (χ4n) is 6.80. The Hall–Kier alpha value is -2.15. The minimum Gasteiger partial charge on any atom is -0.354 e. The van der Waals surface area contributed by atoms with E-state index in [1.165, 1.54) is 19.3 Å². The van der Waals surface area contributed by atoms with Gasteiger partial charge >= 0.3 is 6.03 Å². The van der Waals surface area contributed by atoms with E-state index in [-0.39, 0.29) is 23.5 Å². The molecule has 4 saturated carbocycles. The van der Waals surface area contributed by atoms with Crippen LogP contribution in [0.5, 0.6) is 0 Å². The van der Waals surface area contributed by atoms with Crippen LogP contribution in [0.25, 0.3) is 0 Å². The smallest absolute Gasteiger partial charge is 0.321 e. The Bertz CT molecular complexity index is 755. The van der Waals surface area contributed by atoms with Crippen molar-refractivity contribution < 1.29 is 9.59 Å². The summed E-state index contributed by atoms with van der Waals surface area (Å²) in [5.41, 5.74) is -0.0728. The number of hydrogen-bond donors (Lipinski definition) is 2. The van der Waals surface area contributed by atoms with Crippen LogP contribution in [0.3, 0.4) is 0 Å². The van der Waals surface area contributed by atoms with Crippen LogP contribution >= 0.6 is 0 Å². The molecule has 6 rings (SSSR count). The molecule has 1 saturated heterocycles. The maximum absolute atomic E-state index is 12.8. The Labute approximate surface area is 178 Å². The van der Waals surface area contributed by atoms with E-state index in [0.29, 0.717) is 0 Å². The molecular weight excluding hydrogens is 378 g/mol. The Balaban J connectivity index is 1.12. The molecule has 3 amide bonds. The normalized spacial score (nSPS) is 33.9. The average molecular weight is 412 g/mol.